The first-order chi connectivity index (χ1) is 10.1. The van der Waals surface area contributed by atoms with Crippen LogP contribution >= 0.6 is 0 Å². The smallest absolute Gasteiger partial charge is 0.223 e. The Kier molecular flexibility index (Phi) is 5.23. The molecule has 1 aromatic rings. The Bertz CT molecular complexity index is 502. The molecule has 0 radical (unpaired) electrons. The SMILES string of the molecule is CCC(C)C(=O)NC1CCOc2ccc(C(N)CC)cc21. The topological polar surface area (TPSA) is 64.3 Å². The molecular weight excluding hydrogens is 264 g/mol. The number of fused-ring (bicyclic) bond motifs is 1. The van der Waals surface area contributed by atoms with Crippen molar-refractivity contribution in [3.8, 4) is 5.75 Å². The lowest BCUT2D eigenvalue weighted by Gasteiger charge is -2.28. The van der Waals surface area contributed by atoms with Crippen LogP contribution in [-0.4, -0.2) is 12.5 Å². The van der Waals surface area contributed by atoms with Gasteiger partial charge in [-0.2, -0.15) is 0 Å². The average Bonchev–Trinajstić information content (AvgIpc) is 2.53. The molecule has 116 valence electrons. The van der Waals surface area contributed by atoms with Crippen molar-refractivity contribution in [1.82, 2.24) is 5.32 Å². The highest BCUT2D eigenvalue weighted by molar-refractivity contribution is 5.78. The van der Waals surface area contributed by atoms with Gasteiger partial charge in [-0.05, 0) is 30.5 Å². The maximum Gasteiger partial charge on any atom is 0.223 e. The lowest BCUT2D eigenvalue weighted by atomic mass is 9.94. The molecule has 3 unspecified atom stereocenters. The fraction of sp³-hybridized carbons (Fsp3) is 0.588. The first-order valence-corrected chi connectivity index (χ1v) is 7.89. The van der Waals surface area contributed by atoms with Gasteiger partial charge in [-0.15, -0.1) is 0 Å². The van der Waals surface area contributed by atoms with Gasteiger partial charge < -0.3 is 15.8 Å². The molecular formula is C17H26N2O2. The molecule has 1 aromatic carbocycles. The first-order valence-electron chi connectivity index (χ1n) is 7.89. The van der Waals surface area contributed by atoms with Crippen molar-refractivity contribution in [2.45, 2.75) is 52.1 Å². The van der Waals surface area contributed by atoms with Gasteiger partial charge in [-0.25, -0.2) is 0 Å². The highest BCUT2D eigenvalue weighted by atomic mass is 16.5. The van der Waals surface area contributed by atoms with Crippen LogP contribution in [0.25, 0.3) is 0 Å². The summed E-state index contributed by atoms with van der Waals surface area (Å²) in [5, 5.41) is 3.15. The highest BCUT2D eigenvalue weighted by Crippen LogP contribution is 2.34. The third-order valence-corrected chi connectivity index (χ3v) is 4.32. The van der Waals surface area contributed by atoms with E-state index in [1.165, 1.54) is 0 Å². The second kappa shape index (κ2) is 6.94. The monoisotopic (exact) mass is 290 g/mol. The first kappa shape index (κ1) is 15.8. The molecule has 0 aromatic heterocycles. The number of benzene rings is 1. The van der Waals surface area contributed by atoms with Crippen LogP contribution < -0.4 is 15.8 Å². The zero-order valence-corrected chi connectivity index (χ0v) is 13.2. The Hall–Kier alpha value is -1.55. The third-order valence-electron chi connectivity index (χ3n) is 4.32. The number of hydrogen-bond acceptors (Lipinski definition) is 3. The molecule has 0 bridgehead atoms. The quantitative estimate of drug-likeness (QED) is 0.876. The molecule has 1 heterocycles. The summed E-state index contributed by atoms with van der Waals surface area (Å²) in [5.74, 6) is 1.01. The molecule has 0 fully saturated rings. The van der Waals surface area contributed by atoms with E-state index in [4.69, 9.17) is 10.5 Å². The molecule has 0 saturated heterocycles. The fourth-order valence-corrected chi connectivity index (χ4v) is 2.53. The van der Waals surface area contributed by atoms with E-state index >= 15 is 0 Å². The molecule has 0 spiro atoms. The number of rotatable bonds is 5. The molecule has 1 aliphatic heterocycles. The number of carbonyl (C=O) groups is 1. The Morgan fingerprint density at radius 1 is 1.43 bits per heavy atom. The minimum atomic E-state index is 0.0271. The van der Waals surface area contributed by atoms with Crippen LogP contribution in [0.5, 0.6) is 5.75 Å². The number of carbonyl (C=O) groups excluding carboxylic acids is 1. The van der Waals surface area contributed by atoms with Crippen molar-refractivity contribution < 1.29 is 9.53 Å². The van der Waals surface area contributed by atoms with Crippen LogP contribution in [0.2, 0.25) is 0 Å². The predicted octanol–water partition coefficient (Wildman–Crippen LogP) is 3.08. The summed E-state index contributed by atoms with van der Waals surface area (Å²) in [6.45, 7) is 6.69. The van der Waals surface area contributed by atoms with E-state index in [-0.39, 0.29) is 23.9 Å². The summed E-state index contributed by atoms with van der Waals surface area (Å²) >= 11 is 0. The zero-order chi connectivity index (χ0) is 15.4. The van der Waals surface area contributed by atoms with Gasteiger partial charge in [0.05, 0.1) is 12.6 Å². The summed E-state index contributed by atoms with van der Waals surface area (Å²) in [4.78, 5) is 12.2. The van der Waals surface area contributed by atoms with Gasteiger partial charge in [0.15, 0.2) is 0 Å². The van der Waals surface area contributed by atoms with Crippen LogP contribution in [0.1, 0.15) is 63.2 Å². The predicted molar refractivity (Wildman–Crippen MR) is 84.1 cm³/mol. The number of amides is 1. The minimum Gasteiger partial charge on any atom is -0.493 e. The van der Waals surface area contributed by atoms with Crippen LogP contribution in [0.4, 0.5) is 0 Å². The maximum atomic E-state index is 12.2. The Morgan fingerprint density at radius 3 is 2.86 bits per heavy atom. The maximum absolute atomic E-state index is 12.2. The van der Waals surface area contributed by atoms with Gasteiger partial charge in [-0.3, -0.25) is 4.79 Å². The largest absolute Gasteiger partial charge is 0.493 e. The van der Waals surface area contributed by atoms with E-state index in [1.807, 2.05) is 26.0 Å². The van der Waals surface area contributed by atoms with Gasteiger partial charge in [-0.1, -0.05) is 26.8 Å². The van der Waals surface area contributed by atoms with Crippen molar-refractivity contribution in [3.05, 3.63) is 29.3 Å². The molecule has 4 nitrogen and oxygen atoms in total. The van der Waals surface area contributed by atoms with E-state index < -0.39 is 0 Å². The van der Waals surface area contributed by atoms with Crippen LogP contribution in [0, 0.1) is 5.92 Å². The van der Waals surface area contributed by atoms with Crippen LogP contribution in [0.3, 0.4) is 0 Å². The van der Waals surface area contributed by atoms with Gasteiger partial charge >= 0.3 is 0 Å². The van der Waals surface area contributed by atoms with E-state index in [2.05, 4.69) is 18.3 Å². The van der Waals surface area contributed by atoms with Gasteiger partial charge in [0.2, 0.25) is 5.91 Å². The number of ether oxygens (including phenoxy) is 1. The summed E-state index contributed by atoms with van der Waals surface area (Å²) in [6, 6.07) is 6.14. The molecule has 0 saturated carbocycles. The molecule has 3 N–H and O–H groups in total. The Morgan fingerprint density at radius 2 is 2.19 bits per heavy atom. The molecule has 3 atom stereocenters. The van der Waals surface area contributed by atoms with Crippen LogP contribution in [-0.2, 0) is 4.79 Å². The van der Waals surface area contributed by atoms with E-state index in [9.17, 15) is 4.79 Å². The molecule has 0 aliphatic carbocycles. The van der Waals surface area contributed by atoms with E-state index in [0.717, 1.165) is 36.1 Å². The third kappa shape index (κ3) is 3.56. The lowest BCUT2D eigenvalue weighted by Crippen LogP contribution is -2.35. The number of hydrogen-bond donors (Lipinski definition) is 2. The standard InChI is InChI=1S/C17H26N2O2/c1-4-11(3)17(20)19-15-8-9-21-16-7-6-12(10-13(15)16)14(18)5-2/h6-7,10-11,14-15H,4-5,8-9,18H2,1-3H3,(H,19,20). The minimum absolute atomic E-state index is 0.0271. The summed E-state index contributed by atoms with van der Waals surface area (Å²) in [5.41, 5.74) is 8.27. The van der Waals surface area contributed by atoms with E-state index in [0.29, 0.717) is 6.61 Å². The zero-order valence-electron chi connectivity index (χ0n) is 13.2. The lowest BCUT2D eigenvalue weighted by molar-refractivity contribution is -0.125. The van der Waals surface area contributed by atoms with Crippen LogP contribution in [0.15, 0.2) is 18.2 Å². The summed E-state index contributed by atoms with van der Waals surface area (Å²) in [6.07, 6.45) is 2.55. The molecule has 4 heteroatoms. The van der Waals surface area contributed by atoms with Crippen molar-refractivity contribution >= 4 is 5.91 Å². The van der Waals surface area contributed by atoms with E-state index in [1.54, 1.807) is 0 Å². The Balaban J connectivity index is 2.22. The van der Waals surface area contributed by atoms with Crippen molar-refractivity contribution in [1.29, 1.82) is 0 Å². The average molecular weight is 290 g/mol. The highest BCUT2D eigenvalue weighted by Gasteiger charge is 2.25. The molecule has 1 aliphatic rings. The van der Waals surface area contributed by atoms with Crippen molar-refractivity contribution in [2.75, 3.05) is 6.61 Å². The van der Waals surface area contributed by atoms with Gasteiger partial charge in [0, 0.05) is 23.9 Å². The normalized spacial score (nSPS) is 20.1. The number of nitrogens with two attached hydrogens (primary N) is 1. The molecule has 1 amide bonds. The summed E-state index contributed by atoms with van der Waals surface area (Å²) in [7, 11) is 0. The second-order valence-corrected chi connectivity index (χ2v) is 5.82. The summed E-state index contributed by atoms with van der Waals surface area (Å²) < 4.78 is 5.70. The fourth-order valence-electron chi connectivity index (χ4n) is 2.53. The van der Waals surface area contributed by atoms with Crippen molar-refractivity contribution in [3.63, 3.8) is 0 Å². The second-order valence-electron chi connectivity index (χ2n) is 5.82. The molecule has 2 rings (SSSR count). The van der Waals surface area contributed by atoms with Crippen molar-refractivity contribution in [2.24, 2.45) is 11.7 Å². The molecule has 21 heavy (non-hydrogen) atoms. The Labute approximate surface area is 127 Å². The van der Waals surface area contributed by atoms with Gasteiger partial charge in [0.25, 0.3) is 0 Å². The number of nitrogens with one attached hydrogen (secondary N) is 1. The van der Waals surface area contributed by atoms with Gasteiger partial charge in [0.1, 0.15) is 5.75 Å².